The summed E-state index contributed by atoms with van der Waals surface area (Å²) in [5.74, 6) is -0.510. The summed E-state index contributed by atoms with van der Waals surface area (Å²) in [7, 11) is 0. The van der Waals surface area contributed by atoms with Crippen molar-refractivity contribution in [3.8, 4) is 11.1 Å². The van der Waals surface area contributed by atoms with Gasteiger partial charge in [-0.25, -0.2) is 4.79 Å². The minimum Gasteiger partial charge on any atom is -0.481 e. The lowest BCUT2D eigenvalue weighted by Crippen LogP contribution is -2.26. The second-order valence-electron chi connectivity index (χ2n) is 7.73. The Morgan fingerprint density at radius 1 is 0.969 bits per heavy atom. The lowest BCUT2D eigenvalue weighted by atomic mass is 9.98. The number of benzene rings is 2. The number of nitrogens with one attached hydrogen (secondary N) is 1. The number of aryl methyl sites for hydroxylation is 2. The molecule has 1 amide bonds. The molecule has 0 atom stereocenters. The van der Waals surface area contributed by atoms with Crippen LogP contribution in [0.4, 0.5) is 0 Å². The van der Waals surface area contributed by atoms with E-state index >= 15 is 0 Å². The number of hydrogen-bond acceptors (Lipinski definition) is 5. The zero-order chi connectivity index (χ0) is 22.8. The van der Waals surface area contributed by atoms with E-state index in [9.17, 15) is 14.4 Å². The molecule has 0 aliphatic carbocycles. The monoisotopic (exact) mass is 433 g/mol. The zero-order valence-corrected chi connectivity index (χ0v) is 17.9. The van der Waals surface area contributed by atoms with E-state index in [0.717, 1.165) is 33.2 Å². The Bertz CT molecular complexity index is 1380. The van der Waals surface area contributed by atoms with Crippen LogP contribution in [0.15, 0.2) is 56.1 Å². The minimum atomic E-state index is -0.980. The molecule has 0 saturated carbocycles. The van der Waals surface area contributed by atoms with E-state index in [1.165, 1.54) is 0 Å². The van der Waals surface area contributed by atoms with Gasteiger partial charge in [-0.15, -0.1) is 0 Å². The fraction of sp³-hybridized carbons (Fsp3) is 0.240. The van der Waals surface area contributed by atoms with Crippen molar-refractivity contribution in [2.45, 2.75) is 33.1 Å². The second-order valence-corrected chi connectivity index (χ2v) is 7.73. The number of hydrogen-bond donors (Lipinski definition) is 2. The van der Waals surface area contributed by atoms with Gasteiger partial charge in [0.1, 0.15) is 16.9 Å². The van der Waals surface area contributed by atoms with Gasteiger partial charge in [0.05, 0.1) is 6.42 Å². The Balaban J connectivity index is 1.70. The van der Waals surface area contributed by atoms with Crippen molar-refractivity contribution in [2.75, 3.05) is 6.54 Å². The van der Waals surface area contributed by atoms with Gasteiger partial charge in [-0.05, 0) is 37.5 Å². The third-order valence-corrected chi connectivity index (χ3v) is 5.60. The Hall–Kier alpha value is -3.87. The van der Waals surface area contributed by atoms with Crippen LogP contribution in [-0.2, 0) is 16.0 Å². The topological polar surface area (TPSA) is 110 Å². The molecule has 4 aromatic rings. The number of carbonyl (C=O) groups is 2. The van der Waals surface area contributed by atoms with Crippen LogP contribution >= 0.6 is 0 Å². The molecule has 0 saturated heterocycles. The first-order valence-corrected chi connectivity index (χ1v) is 10.4. The van der Waals surface area contributed by atoms with Gasteiger partial charge in [0.15, 0.2) is 0 Å². The van der Waals surface area contributed by atoms with Crippen LogP contribution < -0.4 is 10.9 Å². The maximum absolute atomic E-state index is 12.6. The molecule has 0 fully saturated rings. The maximum Gasteiger partial charge on any atom is 0.339 e. The van der Waals surface area contributed by atoms with Gasteiger partial charge in [-0.1, -0.05) is 30.3 Å². The quantitative estimate of drug-likeness (QED) is 0.420. The molecule has 0 unspecified atom stereocenters. The van der Waals surface area contributed by atoms with E-state index in [2.05, 4.69) is 5.32 Å². The summed E-state index contributed by atoms with van der Waals surface area (Å²) in [6.07, 6.45) is 0.128. The first-order valence-electron chi connectivity index (χ1n) is 10.4. The third-order valence-electron chi connectivity index (χ3n) is 5.60. The van der Waals surface area contributed by atoms with Crippen LogP contribution in [0.5, 0.6) is 0 Å². The van der Waals surface area contributed by atoms with Crippen LogP contribution in [0.3, 0.4) is 0 Å². The Kier molecular flexibility index (Phi) is 5.81. The molecular weight excluding hydrogens is 410 g/mol. The molecule has 0 aliphatic rings. The van der Waals surface area contributed by atoms with Crippen molar-refractivity contribution < 1.29 is 23.5 Å². The first-order chi connectivity index (χ1) is 15.3. The van der Waals surface area contributed by atoms with Crippen molar-refractivity contribution in [1.82, 2.24) is 5.32 Å². The number of carbonyl (C=O) groups excluding carboxylic acids is 1. The van der Waals surface area contributed by atoms with Crippen molar-refractivity contribution in [2.24, 2.45) is 0 Å². The summed E-state index contributed by atoms with van der Waals surface area (Å²) in [5, 5.41) is 12.9. The number of amides is 1. The highest BCUT2D eigenvalue weighted by molar-refractivity contribution is 6.03. The number of aliphatic carboxylic acids is 1. The van der Waals surface area contributed by atoms with E-state index in [0.29, 0.717) is 16.7 Å². The van der Waals surface area contributed by atoms with Crippen molar-refractivity contribution >= 4 is 33.8 Å². The highest BCUT2D eigenvalue weighted by atomic mass is 16.4. The van der Waals surface area contributed by atoms with Crippen LogP contribution in [0.1, 0.15) is 29.7 Å². The summed E-state index contributed by atoms with van der Waals surface area (Å²) >= 11 is 0. The molecule has 7 nitrogen and oxygen atoms in total. The molecule has 2 aromatic heterocycles. The lowest BCUT2D eigenvalue weighted by Gasteiger charge is -2.09. The average molecular weight is 433 g/mol. The predicted molar refractivity (Wildman–Crippen MR) is 121 cm³/mol. The first kappa shape index (κ1) is 21.4. The van der Waals surface area contributed by atoms with Crippen molar-refractivity contribution in [3.05, 3.63) is 69.8 Å². The molecule has 0 spiro atoms. The van der Waals surface area contributed by atoms with Gasteiger partial charge < -0.3 is 19.3 Å². The smallest absolute Gasteiger partial charge is 0.339 e. The van der Waals surface area contributed by atoms with Crippen LogP contribution in [0.2, 0.25) is 0 Å². The van der Waals surface area contributed by atoms with E-state index in [-0.39, 0.29) is 31.7 Å². The summed E-state index contributed by atoms with van der Waals surface area (Å²) in [4.78, 5) is 35.2. The number of fused-ring (bicyclic) bond motifs is 2. The molecule has 0 radical (unpaired) electrons. The average Bonchev–Trinajstić information content (AvgIpc) is 3.07. The second kappa shape index (κ2) is 8.70. The normalized spacial score (nSPS) is 11.2. The van der Waals surface area contributed by atoms with Gasteiger partial charge >= 0.3 is 11.6 Å². The molecule has 2 aromatic carbocycles. The van der Waals surface area contributed by atoms with Crippen LogP contribution in [0.25, 0.3) is 33.1 Å². The molecule has 2 heterocycles. The molecule has 164 valence electrons. The van der Waals surface area contributed by atoms with Gasteiger partial charge in [0.25, 0.3) is 0 Å². The Morgan fingerprint density at radius 3 is 2.41 bits per heavy atom. The lowest BCUT2D eigenvalue weighted by molar-refractivity contribution is -0.136. The highest BCUT2D eigenvalue weighted by Crippen LogP contribution is 2.37. The van der Waals surface area contributed by atoms with E-state index in [1.54, 1.807) is 6.07 Å². The number of furan rings is 1. The molecule has 2 N–H and O–H groups in total. The third kappa shape index (κ3) is 4.14. The number of carboxylic acids is 1. The highest BCUT2D eigenvalue weighted by Gasteiger charge is 2.18. The summed E-state index contributed by atoms with van der Waals surface area (Å²) in [5.41, 5.74) is 3.81. The number of carboxylic acid groups (broad SMARTS) is 1. The van der Waals surface area contributed by atoms with E-state index in [4.69, 9.17) is 13.9 Å². The number of rotatable bonds is 7. The molecule has 32 heavy (non-hydrogen) atoms. The summed E-state index contributed by atoms with van der Waals surface area (Å²) < 4.78 is 11.5. The molecule has 0 bridgehead atoms. The van der Waals surface area contributed by atoms with Crippen molar-refractivity contribution in [1.29, 1.82) is 0 Å². The fourth-order valence-electron chi connectivity index (χ4n) is 3.99. The standard InChI is InChI=1S/C25H23NO6/c1-14-17(8-9-22(27)26-11-10-23(28)29)25(30)32-20-13-21-19(12-18(14)20)24(15(2)31-21)16-6-4-3-5-7-16/h3-7,12-13H,8-11H2,1-2H3,(H,26,27)(H,28,29). The van der Waals surface area contributed by atoms with Gasteiger partial charge in [-0.2, -0.15) is 0 Å². The Morgan fingerprint density at radius 2 is 1.69 bits per heavy atom. The molecule has 7 heteroatoms. The summed E-state index contributed by atoms with van der Waals surface area (Å²) in [6, 6.07) is 13.7. The Labute approximate surface area is 183 Å². The van der Waals surface area contributed by atoms with Crippen LogP contribution in [0, 0.1) is 13.8 Å². The predicted octanol–water partition coefficient (Wildman–Crippen LogP) is 4.35. The van der Waals surface area contributed by atoms with Crippen molar-refractivity contribution in [3.63, 3.8) is 0 Å². The fourth-order valence-corrected chi connectivity index (χ4v) is 3.99. The molecular formula is C25H23NO6. The van der Waals surface area contributed by atoms with E-state index < -0.39 is 11.6 Å². The van der Waals surface area contributed by atoms with E-state index in [1.807, 2.05) is 50.2 Å². The molecule has 0 aliphatic heterocycles. The summed E-state index contributed by atoms with van der Waals surface area (Å²) in [6.45, 7) is 3.81. The largest absolute Gasteiger partial charge is 0.481 e. The van der Waals surface area contributed by atoms with Crippen LogP contribution in [-0.4, -0.2) is 23.5 Å². The zero-order valence-electron chi connectivity index (χ0n) is 17.9. The van der Waals surface area contributed by atoms with Gasteiger partial charge in [-0.3, -0.25) is 9.59 Å². The minimum absolute atomic E-state index is 0.0551. The molecule has 4 rings (SSSR count). The van der Waals surface area contributed by atoms with Gasteiger partial charge in [0.2, 0.25) is 5.91 Å². The SMILES string of the molecule is Cc1oc2cc3oc(=O)c(CCC(=O)NCCC(=O)O)c(C)c3cc2c1-c1ccccc1. The van der Waals surface area contributed by atoms with Gasteiger partial charge in [0, 0.05) is 40.9 Å². The maximum atomic E-state index is 12.6.